The van der Waals surface area contributed by atoms with Crippen molar-refractivity contribution in [2.75, 3.05) is 20.1 Å². The summed E-state index contributed by atoms with van der Waals surface area (Å²) in [7, 11) is 2.12. The molecule has 5 atom stereocenters. The summed E-state index contributed by atoms with van der Waals surface area (Å²) >= 11 is 6.24. The van der Waals surface area contributed by atoms with E-state index in [0.717, 1.165) is 31.7 Å². The molecule has 0 saturated carbocycles. The second-order valence-electron chi connectivity index (χ2n) is 8.31. The van der Waals surface area contributed by atoms with Gasteiger partial charge in [-0.3, -0.25) is 4.79 Å². The van der Waals surface area contributed by atoms with Gasteiger partial charge in [0.05, 0.1) is 0 Å². The van der Waals surface area contributed by atoms with Crippen LogP contribution in [0.1, 0.15) is 36.6 Å². The molecule has 0 radical (unpaired) electrons. The van der Waals surface area contributed by atoms with Crippen molar-refractivity contribution in [2.24, 2.45) is 5.92 Å². The molecular formula is C21H26N3O2PS. The van der Waals surface area contributed by atoms with E-state index in [1.807, 2.05) is 16.7 Å². The van der Waals surface area contributed by atoms with Crippen molar-refractivity contribution in [2.45, 2.75) is 38.0 Å². The van der Waals surface area contributed by atoms with Gasteiger partial charge < -0.3 is 9.09 Å². The molecule has 4 heterocycles. The Morgan fingerprint density at radius 1 is 1.07 bits per heavy atom. The molecule has 5 rings (SSSR count). The Morgan fingerprint density at radius 3 is 2.64 bits per heavy atom. The summed E-state index contributed by atoms with van der Waals surface area (Å²) in [6.07, 6.45) is 1.14. The Hall–Kier alpha value is -1.30. The number of likely N-dealkylation sites (N-methyl/N-ethyl adjacent to an activating group) is 1. The molecule has 7 heteroatoms. The first-order valence-electron chi connectivity index (χ1n) is 9.99. The lowest BCUT2D eigenvalue weighted by Gasteiger charge is -2.46. The molecule has 1 aromatic carbocycles. The van der Waals surface area contributed by atoms with E-state index in [2.05, 4.69) is 53.6 Å². The summed E-state index contributed by atoms with van der Waals surface area (Å²) in [5.74, 6) is 0.804. The SMILES string of the molecule is CC1C(c2ccccc2)OP(=S)(N2CC3CC(C2)c2cccc(=O)n2C3)N1C. The van der Waals surface area contributed by atoms with Gasteiger partial charge in [0.25, 0.3) is 5.56 Å². The highest BCUT2D eigenvalue weighted by Crippen LogP contribution is 2.66. The zero-order chi connectivity index (χ0) is 19.5. The molecule has 2 aromatic rings. The van der Waals surface area contributed by atoms with Crippen LogP contribution in [-0.4, -0.2) is 40.1 Å². The van der Waals surface area contributed by atoms with Gasteiger partial charge in [0.1, 0.15) is 6.10 Å². The van der Waals surface area contributed by atoms with Crippen LogP contribution in [0.25, 0.3) is 0 Å². The number of rotatable bonds is 2. The average Bonchev–Trinajstić information content (AvgIpc) is 2.95. The van der Waals surface area contributed by atoms with Gasteiger partial charge in [-0.1, -0.05) is 36.4 Å². The van der Waals surface area contributed by atoms with Crippen molar-refractivity contribution in [3.8, 4) is 0 Å². The smallest absolute Gasteiger partial charge is 0.250 e. The predicted molar refractivity (Wildman–Crippen MR) is 115 cm³/mol. The van der Waals surface area contributed by atoms with Crippen molar-refractivity contribution in [1.29, 1.82) is 0 Å². The largest absolute Gasteiger partial charge is 0.317 e. The zero-order valence-electron chi connectivity index (χ0n) is 16.3. The highest BCUT2D eigenvalue weighted by Gasteiger charge is 2.49. The fourth-order valence-corrected chi connectivity index (χ4v) is 8.88. The fourth-order valence-electron chi connectivity index (χ4n) is 5.06. The summed E-state index contributed by atoms with van der Waals surface area (Å²) < 4.78 is 13.4. The molecule has 3 aliphatic rings. The molecule has 2 fully saturated rings. The molecule has 0 N–H and O–H groups in total. The molecule has 2 saturated heterocycles. The van der Waals surface area contributed by atoms with Crippen LogP contribution >= 0.6 is 6.57 Å². The Labute approximate surface area is 171 Å². The maximum Gasteiger partial charge on any atom is 0.250 e. The van der Waals surface area contributed by atoms with Gasteiger partial charge >= 0.3 is 0 Å². The Bertz CT molecular complexity index is 995. The third kappa shape index (κ3) is 2.86. The van der Waals surface area contributed by atoms with Crippen LogP contribution in [0.3, 0.4) is 0 Å². The molecule has 148 valence electrons. The summed E-state index contributed by atoms with van der Waals surface area (Å²) in [6, 6.07) is 16.3. The minimum atomic E-state index is -2.28. The number of pyridine rings is 1. The molecule has 5 unspecified atom stereocenters. The summed E-state index contributed by atoms with van der Waals surface area (Å²) in [5.41, 5.74) is 2.47. The molecule has 1 aromatic heterocycles. The molecule has 0 amide bonds. The van der Waals surface area contributed by atoms with Crippen LogP contribution in [-0.2, 0) is 22.9 Å². The molecule has 2 bridgehead atoms. The third-order valence-electron chi connectivity index (χ3n) is 6.62. The number of benzene rings is 1. The van der Waals surface area contributed by atoms with Crippen LogP contribution in [0.15, 0.2) is 53.3 Å². The van der Waals surface area contributed by atoms with E-state index in [9.17, 15) is 4.79 Å². The fraction of sp³-hybridized carbons (Fsp3) is 0.476. The zero-order valence-corrected chi connectivity index (χ0v) is 18.0. The lowest BCUT2D eigenvalue weighted by Crippen LogP contribution is -2.46. The monoisotopic (exact) mass is 415 g/mol. The molecule has 3 aliphatic heterocycles. The Balaban J connectivity index is 1.45. The van der Waals surface area contributed by atoms with Gasteiger partial charge in [-0.15, -0.1) is 0 Å². The lowest BCUT2D eigenvalue weighted by molar-refractivity contribution is 0.165. The van der Waals surface area contributed by atoms with Gasteiger partial charge in [0.15, 0.2) is 0 Å². The first-order valence-corrected chi connectivity index (χ1v) is 12.6. The summed E-state index contributed by atoms with van der Waals surface area (Å²) in [5, 5.41) is 0. The van der Waals surface area contributed by atoms with Crippen LogP contribution in [0.4, 0.5) is 0 Å². The molecular weight excluding hydrogens is 389 g/mol. The Kier molecular flexibility index (Phi) is 4.61. The van der Waals surface area contributed by atoms with E-state index >= 15 is 0 Å². The van der Waals surface area contributed by atoms with Crippen molar-refractivity contribution in [3.63, 3.8) is 0 Å². The standard InChI is InChI=1S/C21H26N3O2PS/c1-15-21(17-7-4-3-5-8-17)26-27(28,22(15)2)23-12-16-11-18(14-23)19-9-6-10-20(25)24(19)13-16/h3-10,15-16,18,21H,11-14H2,1-2H3. The number of nitrogens with zero attached hydrogens (tertiary/aromatic N) is 3. The minimum absolute atomic E-state index is 0.00806. The average molecular weight is 415 g/mol. The van der Waals surface area contributed by atoms with Gasteiger partial charge in [0, 0.05) is 43.4 Å². The highest BCUT2D eigenvalue weighted by atomic mass is 32.5. The van der Waals surface area contributed by atoms with Gasteiger partial charge in [0.2, 0.25) is 6.57 Å². The van der Waals surface area contributed by atoms with Crippen LogP contribution in [0.2, 0.25) is 0 Å². The number of hydrogen-bond acceptors (Lipinski definition) is 3. The summed E-state index contributed by atoms with van der Waals surface area (Å²) in [4.78, 5) is 12.3. The van der Waals surface area contributed by atoms with E-state index < -0.39 is 6.57 Å². The number of hydrogen-bond donors (Lipinski definition) is 0. The third-order valence-corrected chi connectivity index (χ3v) is 11.1. The van der Waals surface area contributed by atoms with Gasteiger partial charge in [-0.05, 0) is 49.7 Å². The number of fused-ring (bicyclic) bond motifs is 4. The first kappa shape index (κ1) is 18.7. The highest BCUT2D eigenvalue weighted by molar-refractivity contribution is 8.10. The quantitative estimate of drug-likeness (QED) is 0.701. The predicted octanol–water partition coefficient (Wildman–Crippen LogP) is 3.58. The van der Waals surface area contributed by atoms with E-state index in [0.29, 0.717) is 11.8 Å². The number of aromatic nitrogens is 1. The van der Waals surface area contributed by atoms with E-state index in [4.69, 9.17) is 16.3 Å². The van der Waals surface area contributed by atoms with E-state index in [1.165, 1.54) is 5.56 Å². The second-order valence-corrected chi connectivity index (χ2v) is 12.1. The van der Waals surface area contributed by atoms with E-state index in [1.54, 1.807) is 6.07 Å². The number of piperidine rings is 1. The first-order chi connectivity index (χ1) is 13.5. The summed E-state index contributed by atoms with van der Waals surface area (Å²) in [6.45, 7) is 2.51. The topological polar surface area (TPSA) is 37.7 Å². The lowest BCUT2D eigenvalue weighted by atomic mass is 9.84. The minimum Gasteiger partial charge on any atom is -0.317 e. The van der Waals surface area contributed by atoms with Gasteiger partial charge in [-0.25, -0.2) is 9.34 Å². The van der Waals surface area contributed by atoms with Gasteiger partial charge in [-0.2, -0.15) is 0 Å². The van der Waals surface area contributed by atoms with Crippen LogP contribution in [0, 0.1) is 5.92 Å². The maximum absolute atomic E-state index is 12.3. The molecule has 5 nitrogen and oxygen atoms in total. The van der Waals surface area contributed by atoms with Crippen molar-refractivity contribution in [1.82, 2.24) is 13.9 Å². The second kappa shape index (κ2) is 6.89. The van der Waals surface area contributed by atoms with Crippen molar-refractivity contribution in [3.05, 3.63) is 70.1 Å². The Morgan fingerprint density at radius 2 is 1.86 bits per heavy atom. The molecule has 0 spiro atoms. The normalized spacial score (nSPS) is 35.6. The van der Waals surface area contributed by atoms with Crippen molar-refractivity contribution >= 4 is 18.4 Å². The van der Waals surface area contributed by atoms with Crippen LogP contribution in [0.5, 0.6) is 0 Å². The van der Waals surface area contributed by atoms with Crippen molar-refractivity contribution < 1.29 is 4.52 Å². The molecule has 0 aliphatic carbocycles. The van der Waals surface area contributed by atoms with Crippen LogP contribution < -0.4 is 5.56 Å². The molecule has 28 heavy (non-hydrogen) atoms. The van der Waals surface area contributed by atoms with E-state index in [-0.39, 0.29) is 17.7 Å². The maximum atomic E-state index is 12.3.